The first kappa shape index (κ1) is 18.4. The van der Waals surface area contributed by atoms with E-state index >= 15 is 0 Å². The average Bonchev–Trinajstić information content (AvgIpc) is 2.63. The molecule has 1 fully saturated rings. The monoisotopic (exact) mass is 400 g/mol. The molecular weight excluding hydrogens is 383 g/mol. The molecular formula is C16H18Cl2N4O2S. The van der Waals surface area contributed by atoms with Crippen LogP contribution in [-0.4, -0.2) is 31.5 Å². The van der Waals surface area contributed by atoms with Crippen LogP contribution in [0, 0.1) is 0 Å². The third kappa shape index (κ3) is 4.61. The van der Waals surface area contributed by atoms with E-state index in [0.717, 1.165) is 25.9 Å². The van der Waals surface area contributed by atoms with Crippen LogP contribution >= 0.6 is 23.2 Å². The van der Waals surface area contributed by atoms with Gasteiger partial charge in [-0.3, -0.25) is 0 Å². The lowest BCUT2D eigenvalue weighted by atomic mass is 10.1. The molecule has 25 heavy (non-hydrogen) atoms. The first-order valence-electron chi connectivity index (χ1n) is 7.97. The van der Waals surface area contributed by atoms with Crippen LogP contribution in [0.4, 0.5) is 5.95 Å². The predicted octanol–water partition coefficient (Wildman–Crippen LogP) is 3.25. The predicted molar refractivity (Wildman–Crippen MR) is 98.6 cm³/mol. The van der Waals surface area contributed by atoms with Crippen LogP contribution in [0.2, 0.25) is 10.0 Å². The highest BCUT2D eigenvalue weighted by Gasteiger charge is 2.17. The van der Waals surface area contributed by atoms with E-state index in [9.17, 15) is 8.42 Å². The quantitative estimate of drug-likeness (QED) is 0.833. The van der Waals surface area contributed by atoms with Crippen molar-refractivity contribution in [3.8, 4) is 0 Å². The Balaban J connectivity index is 1.71. The van der Waals surface area contributed by atoms with Crippen molar-refractivity contribution in [2.75, 3.05) is 18.0 Å². The Bertz CT molecular complexity index is 855. The number of halogens is 2. The Morgan fingerprint density at radius 1 is 1.08 bits per heavy atom. The Morgan fingerprint density at radius 3 is 2.56 bits per heavy atom. The van der Waals surface area contributed by atoms with E-state index in [2.05, 4.69) is 19.6 Å². The van der Waals surface area contributed by atoms with Crippen LogP contribution in [0.15, 0.2) is 35.4 Å². The number of rotatable bonds is 5. The molecule has 3 rings (SSSR count). The molecule has 1 aromatic heterocycles. The number of nitrogens with zero attached hydrogens (tertiary/aromatic N) is 3. The maximum absolute atomic E-state index is 12.4. The maximum atomic E-state index is 12.4. The average molecular weight is 401 g/mol. The maximum Gasteiger partial charge on any atom is 0.240 e. The molecule has 1 saturated heterocycles. The van der Waals surface area contributed by atoms with Crippen LogP contribution in [0.25, 0.3) is 0 Å². The lowest BCUT2D eigenvalue weighted by Crippen LogP contribution is -2.31. The number of hydrogen-bond acceptors (Lipinski definition) is 5. The van der Waals surface area contributed by atoms with Crippen LogP contribution in [0.5, 0.6) is 0 Å². The summed E-state index contributed by atoms with van der Waals surface area (Å²) in [5, 5.41) is 0.501. The molecule has 2 aromatic rings. The summed E-state index contributed by atoms with van der Waals surface area (Å²) in [4.78, 5) is 10.9. The second-order valence-electron chi connectivity index (χ2n) is 5.80. The Hall–Kier alpha value is -1.41. The number of aromatic nitrogens is 2. The summed E-state index contributed by atoms with van der Waals surface area (Å²) in [7, 11) is -3.70. The molecule has 0 atom stereocenters. The minimum atomic E-state index is -3.70. The topological polar surface area (TPSA) is 75.2 Å². The smallest absolute Gasteiger partial charge is 0.240 e. The van der Waals surface area contributed by atoms with Gasteiger partial charge < -0.3 is 4.90 Å². The first-order valence-corrected chi connectivity index (χ1v) is 10.2. The van der Waals surface area contributed by atoms with Crippen LogP contribution in [0.1, 0.15) is 25.0 Å². The minimum Gasteiger partial charge on any atom is -0.341 e. The minimum absolute atomic E-state index is 0.0622. The summed E-state index contributed by atoms with van der Waals surface area (Å²) >= 11 is 11.7. The van der Waals surface area contributed by atoms with Gasteiger partial charge in [-0.15, -0.1) is 0 Å². The van der Waals surface area contributed by atoms with Crippen molar-refractivity contribution in [1.29, 1.82) is 0 Å². The van der Waals surface area contributed by atoms with E-state index in [1.165, 1.54) is 24.6 Å². The van der Waals surface area contributed by atoms with Crippen molar-refractivity contribution in [3.05, 3.63) is 46.2 Å². The zero-order valence-corrected chi connectivity index (χ0v) is 15.8. The third-order valence-corrected chi connectivity index (χ3v) is 6.12. The zero-order valence-electron chi connectivity index (χ0n) is 13.5. The van der Waals surface area contributed by atoms with E-state index in [0.29, 0.717) is 16.7 Å². The molecule has 1 aromatic carbocycles. The molecule has 134 valence electrons. The van der Waals surface area contributed by atoms with Crippen LogP contribution in [-0.2, 0) is 16.6 Å². The summed E-state index contributed by atoms with van der Waals surface area (Å²) < 4.78 is 27.3. The van der Waals surface area contributed by atoms with Gasteiger partial charge in [0.05, 0.1) is 27.2 Å². The molecule has 0 aliphatic carbocycles. The standard InChI is InChI=1S/C16H18Cl2N4O2S/c17-14-5-4-13(10-15(14)18)25(23,24)20-11-12-6-7-19-16(21-12)22-8-2-1-3-9-22/h4-7,10,20H,1-3,8-9,11H2. The molecule has 0 unspecified atom stereocenters. The zero-order chi connectivity index (χ0) is 17.9. The van der Waals surface area contributed by atoms with Gasteiger partial charge in [0.25, 0.3) is 0 Å². The molecule has 0 radical (unpaired) electrons. The molecule has 2 heterocycles. The molecule has 0 spiro atoms. The van der Waals surface area contributed by atoms with Gasteiger partial charge in [-0.2, -0.15) is 0 Å². The fourth-order valence-corrected chi connectivity index (χ4v) is 4.01. The number of piperidine rings is 1. The highest BCUT2D eigenvalue weighted by Crippen LogP contribution is 2.24. The SMILES string of the molecule is O=S(=O)(NCc1ccnc(N2CCCCC2)n1)c1ccc(Cl)c(Cl)c1. The highest BCUT2D eigenvalue weighted by molar-refractivity contribution is 7.89. The molecule has 0 saturated carbocycles. The van der Waals surface area contributed by atoms with Gasteiger partial charge in [-0.1, -0.05) is 23.2 Å². The van der Waals surface area contributed by atoms with E-state index in [4.69, 9.17) is 23.2 Å². The highest BCUT2D eigenvalue weighted by atomic mass is 35.5. The fraction of sp³-hybridized carbons (Fsp3) is 0.375. The van der Waals surface area contributed by atoms with Crippen molar-refractivity contribution >= 4 is 39.2 Å². The number of benzene rings is 1. The fourth-order valence-electron chi connectivity index (χ4n) is 2.63. The first-order chi connectivity index (χ1) is 12.0. The second-order valence-corrected chi connectivity index (χ2v) is 8.38. The third-order valence-electron chi connectivity index (χ3n) is 3.98. The van der Waals surface area contributed by atoms with E-state index in [-0.39, 0.29) is 16.5 Å². The number of sulfonamides is 1. The summed E-state index contributed by atoms with van der Waals surface area (Å²) in [6.07, 6.45) is 5.12. The van der Waals surface area contributed by atoms with E-state index in [1.54, 1.807) is 12.3 Å². The van der Waals surface area contributed by atoms with Gasteiger partial charge >= 0.3 is 0 Å². The molecule has 1 N–H and O–H groups in total. The van der Waals surface area contributed by atoms with Crippen molar-refractivity contribution in [3.63, 3.8) is 0 Å². The second kappa shape index (κ2) is 7.86. The van der Waals surface area contributed by atoms with E-state index < -0.39 is 10.0 Å². The lowest BCUT2D eigenvalue weighted by Gasteiger charge is -2.26. The van der Waals surface area contributed by atoms with Crippen molar-refractivity contribution in [2.45, 2.75) is 30.7 Å². The van der Waals surface area contributed by atoms with Gasteiger partial charge in [-0.05, 0) is 43.5 Å². The number of hydrogen-bond donors (Lipinski definition) is 1. The summed E-state index contributed by atoms with van der Waals surface area (Å²) in [5.74, 6) is 0.644. The summed E-state index contributed by atoms with van der Waals surface area (Å²) in [5.41, 5.74) is 0.610. The van der Waals surface area contributed by atoms with Gasteiger partial charge in [0, 0.05) is 19.3 Å². The largest absolute Gasteiger partial charge is 0.341 e. The van der Waals surface area contributed by atoms with Gasteiger partial charge in [0.2, 0.25) is 16.0 Å². The molecule has 1 aliphatic rings. The summed E-state index contributed by atoms with van der Waals surface area (Å²) in [6.45, 7) is 1.93. The Labute approximate surface area is 157 Å². The summed E-state index contributed by atoms with van der Waals surface area (Å²) in [6, 6.07) is 5.89. The van der Waals surface area contributed by atoms with Crippen LogP contribution < -0.4 is 9.62 Å². The van der Waals surface area contributed by atoms with Crippen LogP contribution in [0.3, 0.4) is 0 Å². The van der Waals surface area contributed by atoms with E-state index in [1.807, 2.05) is 0 Å². The molecule has 0 bridgehead atoms. The normalized spacial score (nSPS) is 15.4. The lowest BCUT2D eigenvalue weighted by molar-refractivity contribution is 0.566. The Kier molecular flexibility index (Phi) is 5.78. The van der Waals surface area contributed by atoms with Crippen molar-refractivity contribution in [2.24, 2.45) is 0 Å². The van der Waals surface area contributed by atoms with Crippen molar-refractivity contribution < 1.29 is 8.42 Å². The molecule has 9 heteroatoms. The van der Waals surface area contributed by atoms with Gasteiger partial charge in [0.1, 0.15) is 0 Å². The van der Waals surface area contributed by atoms with Gasteiger partial charge in [-0.25, -0.2) is 23.1 Å². The molecule has 6 nitrogen and oxygen atoms in total. The number of nitrogens with one attached hydrogen (secondary N) is 1. The number of anilines is 1. The van der Waals surface area contributed by atoms with Gasteiger partial charge in [0.15, 0.2) is 0 Å². The Morgan fingerprint density at radius 2 is 1.84 bits per heavy atom. The molecule has 0 amide bonds. The van der Waals surface area contributed by atoms with Crippen molar-refractivity contribution in [1.82, 2.24) is 14.7 Å². The molecule has 1 aliphatic heterocycles.